The summed E-state index contributed by atoms with van der Waals surface area (Å²) < 4.78 is 14.3. The number of amidine groups is 1. The normalized spacial score (nSPS) is 14.4. The van der Waals surface area contributed by atoms with Crippen LogP contribution in [0, 0.1) is 5.82 Å². The van der Waals surface area contributed by atoms with Gasteiger partial charge in [-0.05, 0) is 30.3 Å². The van der Waals surface area contributed by atoms with Crippen molar-refractivity contribution < 1.29 is 9.23 Å². The lowest BCUT2D eigenvalue weighted by atomic mass is 10.0. The van der Waals surface area contributed by atoms with Gasteiger partial charge in [0.1, 0.15) is 18.6 Å². The van der Waals surface area contributed by atoms with Crippen LogP contribution in [0.5, 0.6) is 0 Å². The summed E-state index contributed by atoms with van der Waals surface area (Å²) in [4.78, 5) is 13.7. The van der Waals surface area contributed by atoms with Crippen LogP contribution in [0.25, 0.3) is 0 Å². The predicted molar refractivity (Wildman–Crippen MR) is 94.1 cm³/mol. The molecule has 1 aliphatic rings. The van der Waals surface area contributed by atoms with E-state index in [-0.39, 0.29) is 18.2 Å². The summed E-state index contributed by atoms with van der Waals surface area (Å²) in [6.07, 6.45) is 0. The lowest BCUT2D eigenvalue weighted by Crippen LogP contribution is -2.26. The van der Waals surface area contributed by atoms with Crippen molar-refractivity contribution in [3.05, 3.63) is 64.4 Å². The van der Waals surface area contributed by atoms with Crippen LogP contribution in [0.2, 0.25) is 5.02 Å². The Morgan fingerprint density at radius 2 is 2.04 bits per heavy atom. The third kappa shape index (κ3) is 3.14. The van der Waals surface area contributed by atoms with Gasteiger partial charge in [-0.1, -0.05) is 28.9 Å². The number of oxime groups is 1. The Hall–Kier alpha value is -2.73. The molecule has 0 amide bonds. The van der Waals surface area contributed by atoms with Crippen molar-refractivity contribution in [3.63, 3.8) is 0 Å². The highest BCUT2D eigenvalue weighted by Gasteiger charge is 2.20. The third-order valence-electron chi connectivity index (χ3n) is 3.47. The largest absolute Gasteiger partial charge is 0.397 e. The molecule has 1 heterocycles. The average molecular weight is 345 g/mol. The molecule has 0 saturated heterocycles. The highest BCUT2D eigenvalue weighted by Crippen LogP contribution is 2.29. The van der Waals surface area contributed by atoms with Gasteiger partial charge in [0.05, 0.1) is 17.9 Å². The van der Waals surface area contributed by atoms with Crippen LogP contribution >= 0.6 is 11.6 Å². The highest BCUT2D eigenvalue weighted by molar-refractivity contribution is 6.43. The second kappa shape index (κ2) is 6.80. The van der Waals surface area contributed by atoms with E-state index in [0.717, 1.165) is 0 Å². The molecule has 0 aliphatic carbocycles. The van der Waals surface area contributed by atoms with Crippen molar-refractivity contribution in [1.82, 2.24) is 0 Å². The highest BCUT2D eigenvalue weighted by atomic mass is 35.5. The molecule has 7 heteroatoms. The van der Waals surface area contributed by atoms with Gasteiger partial charge in [-0.2, -0.15) is 0 Å². The van der Waals surface area contributed by atoms with Crippen LogP contribution in [-0.2, 0) is 4.84 Å². The van der Waals surface area contributed by atoms with E-state index in [2.05, 4.69) is 20.0 Å². The second-order valence-electron chi connectivity index (χ2n) is 5.02. The van der Waals surface area contributed by atoms with Gasteiger partial charge in [0, 0.05) is 16.1 Å². The fraction of sp³-hybridized carbons (Fsp3) is 0.118. The minimum Gasteiger partial charge on any atom is -0.397 e. The zero-order valence-electron chi connectivity index (χ0n) is 12.8. The number of benzene rings is 2. The van der Waals surface area contributed by atoms with Crippen molar-refractivity contribution in [2.75, 3.05) is 13.7 Å². The number of hydrogen-bond acceptors (Lipinski definition) is 4. The Kier molecular flexibility index (Phi) is 4.57. The molecule has 2 aromatic rings. The fourth-order valence-electron chi connectivity index (χ4n) is 2.39. The fourth-order valence-corrected chi connectivity index (χ4v) is 2.56. The summed E-state index contributed by atoms with van der Waals surface area (Å²) in [7, 11) is 1.39. The van der Waals surface area contributed by atoms with Gasteiger partial charge in [-0.15, -0.1) is 0 Å². The first-order chi connectivity index (χ1) is 11.6. The molecular weight excluding hydrogens is 331 g/mol. The van der Waals surface area contributed by atoms with Crippen LogP contribution in [0.3, 0.4) is 0 Å². The Balaban J connectivity index is 2.19. The number of nitrogens with zero attached hydrogens (tertiary/aromatic N) is 3. The van der Waals surface area contributed by atoms with Crippen molar-refractivity contribution in [2.45, 2.75) is 0 Å². The summed E-state index contributed by atoms with van der Waals surface area (Å²) in [5, 5.41) is 4.20. The first-order valence-electron chi connectivity index (χ1n) is 7.14. The second-order valence-corrected chi connectivity index (χ2v) is 5.46. The number of halogens is 2. The summed E-state index contributed by atoms with van der Waals surface area (Å²) >= 11 is 6.11. The maximum Gasteiger partial charge on any atom is 0.186 e. The third-order valence-corrected chi connectivity index (χ3v) is 3.71. The SMILES string of the molecule is CO/N=C(/N)C1=Nc2ccc(Cl)cc2C(c2ccccc2F)=NC1. The molecule has 2 N–H and O–H groups in total. The molecule has 0 atom stereocenters. The number of nitrogens with two attached hydrogens (primary N) is 1. The van der Waals surface area contributed by atoms with Crippen molar-refractivity contribution >= 4 is 34.5 Å². The Morgan fingerprint density at radius 1 is 1.25 bits per heavy atom. The van der Waals surface area contributed by atoms with Gasteiger partial charge in [0.2, 0.25) is 0 Å². The summed E-state index contributed by atoms with van der Waals surface area (Å²) in [6.45, 7) is 0.147. The molecule has 0 fully saturated rings. The van der Waals surface area contributed by atoms with Gasteiger partial charge in [0.15, 0.2) is 5.84 Å². The summed E-state index contributed by atoms with van der Waals surface area (Å²) in [5.41, 5.74) is 8.35. The van der Waals surface area contributed by atoms with Gasteiger partial charge < -0.3 is 10.6 Å². The van der Waals surface area contributed by atoms with E-state index in [1.807, 2.05) is 0 Å². The number of fused-ring (bicyclic) bond motifs is 1. The Morgan fingerprint density at radius 3 is 2.79 bits per heavy atom. The zero-order valence-corrected chi connectivity index (χ0v) is 13.6. The number of aliphatic imine (C=N–C) groups is 2. The molecule has 1 aliphatic heterocycles. The monoisotopic (exact) mass is 344 g/mol. The molecule has 122 valence electrons. The standard InChI is InChI=1S/C17H14ClFN4O/c1-24-23-17(20)15-9-21-16(11-4-2-3-5-13(11)19)12-8-10(18)6-7-14(12)22-15/h2-8H,9H2,1H3,(H2,20,23). The van der Waals surface area contributed by atoms with Crippen molar-refractivity contribution in [3.8, 4) is 0 Å². The van der Waals surface area contributed by atoms with Crippen LogP contribution in [0.4, 0.5) is 10.1 Å². The van der Waals surface area contributed by atoms with Gasteiger partial charge >= 0.3 is 0 Å². The molecule has 24 heavy (non-hydrogen) atoms. The average Bonchev–Trinajstić information content (AvgIpc) is 2.75. The Labute approximate surface area is 143 Å². The van der Waals surface area contributed by atoms with E-state index in [4.69, 9.17) is 17.3 Å². The van der Waals surface area contributed by atoms with Gasteiger partial charge in [-0.3, -0.25) is 4.99 Å². The van der Waals surface area contributed by atoms with Gasteiger partial charge in [-0.25, -0.2) is 9.38 Å². The lowest BCUT2D eigenvalue weighted by Gasteiger charge is -2.09. The van der Waals surface area contributed by atoms with Crippen LogP contribution in [0.1, 0.15) is 11.1 Å². The van der Waals surface area contributed by atoms with Crippen LogP contribution in [0.15, 0.2) is 57.6 Å². The molecule has 0 radical (unpaired) electrons. The molecular formula is C17H14ClFN4O. The van der Waals surface area contributed by atoms with E-state index in [1.54, 1.807) is 36.4 Å². The van der Waals surface area contributed by atoms with Crippen molar-refractivity contribution in [2.24, 2.45) is 20.9 Å². The van der Waals surface area contributed by atoms with E-state index < -0.39 is 0 Å². The van der Waals surface area contributed by atoms with E-state index in [0.29, 0.717) is 33.3 Å². The number of rotatable bonds is 3. The minimum absolute atomic E-state index is 0.122. The molecule has 0 bridgehead atoms. The van der Waals surface area contributed by atoms with E-state index >= 15 is 0 Å². The quantitative estimate of drug-likeness (QED) is 0.527. The number of hydrogen-bond donors (Lipinski definition) is 1. The first kappa shape index (κ1) is 16.1. The molecule has 0 spiro atoms. The van der Waals surface area contributed by atoms with Gasteiger partial charge in [0.25, 0.3) is 0 Å². The van der Waals surface area contributed by atoms with Crippen LogP contribution < -0.4 is 5.73 Å². The zero-order chi connectivity index (χ0) is 17.1. The topological polar surface area (TPSA) is 72.3 Å². The van der Waals surface area contributed by atoms with Crippen molar-refractivity contribution in [1.29, 1.82) is 0 Å². The molecule has 2 aromatic carbocycles. The van der Waals surface area contributed by atoms with E-state index in [9.17, 15) is 4.39 Å². The minimum atomic E-state index is -0.371. The van der Waals surface area contributed by atoms with E-state index in [1.165, 1.54) is 13.2 Å². The van der Waals surface area contributed by atoms with Crippen LogP contribution in [-0.4, -0.2) is 30.9 Å². The molecule has 3 rings (SSSR count). The maximum absolute atomic E-state index is 14.3. The molecule has 0 unspecified atom stereocenters. The maximum atomic E-state index is 14.3. The summed E-state index contributed by atoms with van der Waals surface area (Å²) in [6, 6.07) is 11.6. The first-order valence-corrected chi connectivity index (χ1v) is 7.52. The molecule has 0 saturated carbocycles. The molecule has 0 aromatic heterocycles. The predicted octanol–water partition coefficient (Wildman–Crippen LogP) is 3.32. The summed E-state index contributed by atoms with van der Waals surface area (Å²) in [5.74, 6) is -0.249. The smallest absolute Gasteiger partial charge is 0.186 e. The molecule has 5 nitrogen and oxygen atoms in total. The Bertz CT molecular complexity index is 877. The lowest BCUT2D eigenvalue weighted by molar-refractivity contribution is 0.214.